The number of hydrogen-bond acceptors (Lipinski definition) is 1. The maximum absolute atomic E-state index is 11.8. The van der Waals surface area contributed by atoms with Gasteiger partial charge >= 0.3 is 0 Å². The monoisotopic (exact) mass is 281 g/mol. The van der Waals surface area contributed by atoms with Gasteiger partial charge in [0.2, 0.25) is 5.91 Å². The highest BCUT2D eigenvalue weighted by atomic mass is 16.1. The molecule has 0 spiro atoms. The second-order valence-corrected chi connectivity index (χ2v) is 5.70. The molecule has 0 saturated carbocycles. The van der Waals surface area contributed by atoms with E-state index in [-0.39, 0.29) is 11.8 Å². The third-order valence-corrected chi connectivity index (χ3v) is 3.64. The van der Waals surface area contributed by atoms with Crippen LogP contribution in [0.1, 0.15) is 30.9 Å². The fourth-order valence-electron chi connectivity index (χ4n) is 2.36. The van der Waals surface area contributed by atoms with Crippen molar-refractivity contribution in [3.8, 4) is 0 Å². The molecule has 0 aliphatic carbocycles. The SMILES string of the molecule is CC(C)C(=O)NCC(Cc1ccccc1)c1ccccc1. The first-order valence-electron chi connectivity index (χ1n) is 7.53. The molecule has 0 aromatic heterocycles. The molecule has 0 radical (unpaired) electrons. The summed E-state index contributed by atoms with van der Waals surface area (Å²) in [7, 11) is 0. The summed E-state index contributed by atoms with van der Waals surface area (Å²) >= 11 is 0. The average Bonchev–Trinajstić information content (AvgIpc) is 2.52. The van der Waals surface area contributed by atoms with Crippen LogP contribution in [0.5, 0.6) is 0 Å². The van der Waals surface area contributed by atoms with E-state index in [4.69, 9.17) is 0 Å². The Morgan fingerprint density at radius 2 is 1.52 bits per heavy atom. The lowest BCUT2D eigenvalue weighted by atomic mass is 9.92. The van der Waals surface area contributed by atoms with Crippen LogP contribution in [-0.4, -0.2) is 12.5 Å². The summed E-state index contributed by atoms with van der Waals surface area (Å²) in [5.74, 6) is 0.443. The van der Waals surface area contributed by atoms with Crippen molar-refractivity contribution in [1.82, 2.24) is 5.32 Å². The first kappa shape index (κ1) is 15.3. The summed E-state index contributed by atoms with van der Waals surface area (Å²) in [6, 6.07) is 20.8. The number of amides is 1. The van der Waals surface area contributed by atoms with Gasteiger partial charge in [-0.2, -0.15) is 0 Å². The van der Waals surface area contributed by atoms with Crippen LogP contribution in [0.4, 0.5) is 0 Å². The van der Waals surface area contributed by atoms with Gasteiger partial charge in [0.15, 0.2) is 0 Å². The molecule has 0 heterocycles. The molecule has 2 aromatic carbocycles. The number of rotatable bonds is 6. The maximum atomic E-state index is 11.8. The minimum Gasteiger partial charge on any atom is -0.355 e. The molecule has 0 aliphatic rings. The fraction of sp³-hybridized carbons (Fsp3) is 0.316. The van der Waals surface area contributed by atoms with Gasteiger partial charge in [-0.15, -0.1) is 0 Å². The predicted molar refractivity (Wildman–Crippen MR) is 87.2 cm³/mol. The molecule has 0 bridgehead atoms. The van der Waals surface area contributed by atoms with Crippen molar-refractivity contribution in [3.63, 3.8) is 0 Å². The van der Waals surface area contributed by atoms with Crippen molar-refractivity contribution in [3.05, 3.63) is 71.8 Å². The molecule has 0 saturated heterocycles. The maximum Gasteiger partial charge on any atom is 0.222 e. The molecule has 1 amide bonds. The number of nitrogens with one attached hydrogen (secondary N) is 1. The van der Waals surface area contributed by atoms with Crippen LogP contribution in [-0.2, 0) is 11.2 Å². The summed E-state index contributed by atoms with van der Waals surface area (Å²) in [6.07, 6.45) is 0.934. The van der Waals surface area contributed by atoms with E-state index in [1.807, 2.05) is 26.0 Å². The zero-order valence-electron chi connectivity index (χ0n) is 12.8. The lowest BCUT2D eigenvalue weighted by Gasteiger charge is -2.19. The zero-order valence-corrected chi connectivity index (χ0v) is 12.8. The Kier molecular flexibility index (Phi) is 5.56. The van der Waals surface area contributed by atoms with Gasteiger partial charge in [-0.25, -0.2) is 0 Å². The van der Waals surface area contributed by atoms with Gasteiger partial charge in [-0.1, -0.05) is 74.5 Å². The highest BCUT2D eigenvalue weighted by Crippen LogP contribution is 2.20. The molecule has 2 rings (SSSR count). The summed E-state index contributed by atoms with van der Waals surface area (Å²) in [5, 5.41) is 3.06. The molecule has 2 nitrogen and oxygen atoms in total. The first-order valence-corrected chi connectivity index (χ1v) is 7.53. The summed E-state index contributed by atoms with van der Waals surface area (Å²) in [4.78, 5) is 11.8. The molecule has 1 atom stereocenters. The van der Waals surface area contributed by atoms with Crippen LogP contribution in [0.2, 0.25) is 0 Å². The third-order valence-electron chi connectivity index (χ3n) is 3.64. The Labute approximate surface area is 127 Å². The van der Waals surface area contributed by atoms with Crippen LogP contribution < -0.4 is 5.32 Å². The number of benzene rings is 2. The first-order chi connectivity index (χ1) is 10.2. The lowest BCUT2D eigenvalue weighted by molar-refractivity contribution is -0.124. The van der Waals surface area contributed by atoms with Crippen LogP contribution in [0.3, 0.4) is 0 Å². The summed E-state index contributed by atoms with van der Waals surface area (Å²) in [6.45, 7) is 4.52. The van der Waals surface area contributed by atoms with E-state index in [2.05, 4.69) is 53.8 Å². The molecule has 21 heavy (non-hydrogen) atoms. The van der Waals surface area contributed by atoms with Crippen molar-refractivity contribution in [2.24, 2.45) is 5.92 Å². The van der Waals surface area contributed by atoms with E-state index in [1.54, 1.807) is 0 Å². The Morgan fingerprint density at radius 1 is 0.952 bits per heavy atom. The van der Waals surface area contributed by atoms with Crippen LogP contribution in [0.25, 0.3) is 0 Å². The number of hydrogen-bond donors (Lipinski definition) is 1. The standard InChI is InChI=1S/C19H23NO/c1-15(2)19(21)20-14-18(17-11-7-4-8-12-17)13-16-9-5-3-6-10-16/h3-12,15,18H,13-14H2,1-2H3,(H,20,21). The van der Waals surface area contributed by atoms with Gasteiger partial charge in [-0.05, 0) is 17.5 Å². The van der Waals surface area contributed by atoms with Gasteiger partial charge < -0.3 is 5.32 Å². The number of carbonyl (C=O) groups excluding carboxylic acids is 1. The average molecular weight is 281 g/mol. The van der Waals surface area contributed by atoms with Gasteiger partial charge in [0, 0.05) is 18.4 Å². The topological polar surface area (TPSA) is 29.1 Å². The minimum absolute atomic E-state index is 0.0261. The lowest BCUT2D eigenvalue weighted by Crippen LogP contribution is -2.32. The van der Waals surface area contributed by atoms with E-state index >= 15 is 0 Å². The van der Waals surface area contributed by atoms with Gasteiger partial charge in [0.05, 0.1) is 0 Å². The molecule has 2 heteroatoms. The van der Waals surface area contributed by atoms with Crippen LogP contribution in [0, 0.1) is 5.92 Å². The van der Waals surface area contributed by atoms with Crippen LogP contribution >= 0.6 is 0 Å². The summed E-state index contributed by atoms with van der Waals surface area (Å²) < 4.78 is 0. The van der Waals surface area contributed by atoms with Gasteiger partial charge in [-0.3, -0.25) is 4.79 Å². The van der Waals surface area contributed by atoms with Crippen molar-refractivity contribution in [2.75, 3.05) is 6.54 Å². The molecule has 0 aliphatic heterocycles. The van der Waals surface area contributed by atoms with E-state index in [0.29, 0.717) is 12.5 Å². The largest absolute Gasteiger partial charge is 0.355 e. The minimum atomic E-state index is 0.0261. The van der Waals surface area contributed by atoms with Gasteiger partial charge in [0.25, 0.3) is 0 Å². The molecule has 2 aromatic rings. The van der Waals surface area contributed by atoms with Crippen molar-refractivity contribution >= 4 is 5.91 Å². The molecule has 1 unspecified atom stereocenters. The number of carbonyl (C=O) groups is 1. The van der Waals surface area contributed by atoms with Crippen molar-refractivity contribution in [2.45, 2.75) is 26.2 Å². The second-order valence-electron chi connectivity index (χ2n) is 5.70. The van der Waals surface area contributed by atoms with E-state index in [0.717, 1.165) is 6.42 Å². The normalized spacial score (nSPS) is 12.1. The van der Waals surface area contributed by atoms with E-state index in [1.165, 1.54) is 11.1 Å². The van der Waals surface area contributed by atoms with Crippen molar-refractivity contribution < 1.29 is 4.79 Å². The molecule has 1 N–H and O–H groups in total. The Bertz CT molecular complexity index is 548. The van der Waals surface area contributed by atoms with Crippen LogP contribution in [0.15, 0.2) is 60.7 Å². The third kappa shape index (κ3) is 4.75. The van der Waals surface area contributed by atoms with E-state index in [9.17, 15) is 4.79 Å². The highest BCUT2D eigenvalue weighted by Gasteiger charge is 2.14. The molecule has 110 valence electrons. The van der Waals surface area contributed by atoms with Crippen molar-refractivity contribution in [1.29, 1.82) is 0 Å². The highest BCUT2D eigenvalue weighted by molar-refractivity contribution is 5.77. The molecular weight excluding hydrogens is 258 g/mol. The summed E-state index contributed by atoms with van der Waals surface area (Å²) in [5.41, 5.74) is 2.57. The molecule has 0 fully saturated rings. The predicted octanol–water partition coefficient (Wildman–Crippen LogP) is 3.79. The molecular formula is C19H23NO. The van der Waals surface area contributed by atoms with Gasteiger partial charge in [0.1, 0.15) is 0 Å². The smallest absolute Gasteiger partial charge is 0.222 e. The second kappa shape index (κ2) is 7.63. The Balaban J connectivity index is 2.09. The fourth-order valence-corrected chi connectivity index (χ4v) is 2.36. The van der Waals surface area contributed by atoms with E-state index < -0.39 is 0 Å². The Hall–Kier alpha value is -2.09. The Morgan fingerprint density at radius 3 is 2.10 bits per heavy atom. The quantitative estimate of drug-likeness (QED) is 0.857. The zero-order chi connectivity index (χ0) is 15.1.